The number of anilines is 1. The van der Waals surface area contributed by atoms with E-state index >= 15 is 0 Å². The van der Waals surface area contributed by atoms with Gasteiger partial charge in [-0.1, -0.05) is 29.8 Å². The van der Waals surface area contributed by atoms with Gasteiger partial charge in [0, 0.05) is 0 Å². The molecule has 0 aromatic heterocycles. The molecule has 0 heterocycles. The summed E-state index contributed by atoms with van der Waals surface area (Å²) in [5.74, 6) is -0.123. The van der Waals surface area contributed by atoms with Gasteiger partial charge >= 0.3 is 10.1 Å². The van der Waals surface area contributed by atoms with E-state index in [4.69, 9.17) is 13.7 Å². The van der Waals surface area contributed by atoms with Crippen LogP contribution in [0.15, 0.2) is 75.6 Å². The topological polar surface area (TPSA) is 115 Å². The zero-order chi connectivity index (χ0) is 26.3. The molecule has 0 spiro atoms. The highest BCUT2D eigenvalue weighted by Crippen LogP contribution is 2.39. The quantitative estimate of drug-likeness (QED) is 0.206. The molecule has 36 heavy (non-hydrogen) atoms. The van der Waals surface area contributed by atoms with Gasteiger partial charge in [-0.25, -0.2) is 0 Å². The summed E-state index contributed by atoms with van der Waals surface area (Å²) in [6.07, 6.45) is 1.36. The number of methoxy groups -OCH3 is 1. The Balaban J connectivity index is 1.94. The van der Waals surface area contributed by atoms with E-state index in [9.17, 15) is 18.5 Å². The number of ether oxygens (including phenoxy) is 2. The van der Waals surface area contributed by atoms with Crippen LogP contribution in [0.1, 0.15) is 18.1 Å². The van der Waals surface area contributed by atoms with Crippen molar-refractivity contribution in [3.05, 3.63) is 81.8 Å². The molecule has 1 amide bonds. The summed E-state index contributed by atoms with van der Waals surface area (Å²) >= 11 is 3.33. The molecule has 0 aliphatic rings. The number of nitrogens with zero attached hydrogens (tertiary/aromatic N) is 1. The molecule has 0 atom stereocenters. The van der Waals surface area contributed by atoms with E-state index in [1.54, 1.807) is 43.3 Å². The van der Waals surface area contributed by atoms with E-state index in [1.165, 1.54) is 37.5 Å². The molecule has 0 saturated heterocycles. The second kappa shape index (κ2) is 11.7. The Morgan fingerprint density at radius 3 is 2.44 bits per heavy atom. The Morgan fingerprint density at radius 1 is 1.11 bits per heavy atom. The summed E-state index contributed by atoms with van der Waals surface area (Å²) in [7, 11) is -2.67. The van der Waals surface area contributed by atoms with Gasteiger partial charge in [-0.05, 0) is 77.8 Å². The molecule has 3 aromatic carbocycles. The molecule has 1 N–H and O–H groups in total. The lowest BCUT2D eigenvalue weighted by Gasteiger charge is -2.15. The number of nitriles is 1. The summed E-state index contributed by atoms with van der Waals surface area (Å²) in [5.41, 5.74) is 1.55. The van der Waals surface area contributed by atoms with Gasteiger partial charge in [0.25, 0.3) is 5.91 Å². The van der Waals surface area contributed by atoms with Crippen molar-refractivity contribution < 1.29 is 26.9 Å². The van der Waals surface area contributed by atoms with Crippen molar-refractivity contribution in [3.63, 3.8) is 0 Å². The van der Waals surface area contributed by atoms with Crippen LogP contribution in [0.3, 0.4) is 0 Å². The average Bonchev–Trinajstić information content (AvgIpc) is 2.85. The standard InChI is InChI=1S/C26H23BrN2O6S/c1-4-34-24-15-18(13-19(16-28)26(30)29-22-7-5-6-8-23(22)33-3)14-21(27)25(24)35-36(31,32)20-11-9-17(2)10-12-20/h5-15H,4H2,1-3H3,(H,29,30)/b19-13+. The number of carbonyl (C=O) groups is 1. The van der Waals surface area contributed by atoms with E-state index in [0.717, 1.165) is 5.56 Å². The van der Waals surface area contributed by atoms with Crippen LogP contribution in [0.25, 0.3) is 6.08 Å². The Hall–Kier alpha value is -3.81. The second-order valence-corrected chi connectivity index (χ2v) is 9.84. The number of hydrogen-bond acceptors (Lipinski definition) is 7. The molecule has 0 fully saturated rings. The van der Waals surface area contributed by atoms with Crippen molar-refractivity contribution in [3.8, 4) is 23.3 Å². The van der Waals surface area contributed by atoms with Crippen LogP contribution in [-0.4, -0.2) is 28.0 Å². The van der Waals surface area contributed by atoms with Gasteiger partial charge in [-0.3, -0.25) is 4.79 Å². The molecule has 0 aliphatic carbocycles. The van der Waals surface area contributed by atoms with Crippen molar-refractivity contribution in [1.82, 2.24) is 0 Å². The molecule has 0 unspecified atom stereocenters. The van der Waals surface area contributed by atoms with Gasteiger partial charge in [-0.15, -0.1) is 0 Å². The highest BCUT2D eigenvalue weighted by atomic mass is 79.9. The van der Waals surface area contributed by atoms with E-state index < -0.39 is 16.0 Å². The maximum atomic E-state index is 12.8. The fourth-order valence-electron chi connectivity index (χ4n) is 3.13. The number of benzene rings is 3. The van der Waals surface area contributed by atoms with Gasteiger partial charge < -0.3 is 19.0 Å². The predicted octanol–water partition coefficient (Wildman–Crippen LogP) is 5.48. The Bertz CT molecular complexity index is 1440. The number of para-hydroxylation sites is 2. The van der Waals surface area contributed by atoms with Crippen LogP contribution in [-0.2, 0) is 14.9 Å². The third-order valence-electron chi connectivity index (χ3n) is 4.87. The first kappa shape index (κ1) is 26.8. The zero-order valence-corrected chi connectivity index (χ0v) is 22.1. The largest absolute Gasteiger partial charge is 0.495 e. The van der Waals surface area contributed by atoms with Gasteiger partial charge in [0.15, 0.2) is 11.5 Å². The number of halogens is 1. The van der Waals surface area contributed by atoms with E-state index in [1.807, 2.05) is 13.0 Å². The Morgan fingerprint density at radius 2 is 1.81 bits per heavy atom. The molecular formula is C26H23BrN2O6S. The molecule has 0 bridgehead atoms. The van der Waals surface area contributed by atoms with E-state index in [0.29, 0.717) is 17.0 Å². The minimum Gasteiger partial charge on any atom is -0.495 e. The Kier molecular flexibility index (Phi) is 8.74. The highest BCUT2D eigenvalue weighted by Gasteiger charge is 2.22. The van der Waals surface area contributed by atoms with Crippen molar-refractivity contribution in [1.29, 1.82) is 5.26 Å². The molecule has 10 heteroatoms. The summed E-state index contributed by atoms with van der Waals surface area (Å²) in [4.78, 5) is 12.7. The van der Waals surface area contributed by atoms with Crippen molar-refractivity contribution >= 4 is 43.7 Å². The highest BCUT2D eigenvalue weighted by molar-refractivity contribution is 9.10. The second-order valence-electron chi connectivity index (χ2n) is 7.44. The molecule has 3 aromatic rings. The van der Waals surface area contributed by atoms with Gasteiger partial charge in [0.05, 0.1) is 23.9 Å². The van der Waals surface area contributed by atoms with Crippen LogP contribution in [0.5, 0.6) is 17.2 Å². The third kappa shape index (κ3) is 6.44. The van der Waals surface area contributed by atoms with Crippen LogP contribution in [0.4, 0.5) is 5.69 Å². The number of nitrogens with one attached hydrogen (secondary N) is 1. The van der Waals surface area contributed by atoms with Gasteiger partial charge in [0.2, 0.25) is 0 Å². The molecule has 0 saturated carbocycles. The van der Waals surface area contributed by atoms with Gasteiger partial charge in [-0.2, -0.15) is 13.7 Å². The van der Waals surface area contributed by atoms with Crippen LogP contribution >= 0.6 is 15.9 Å². The minimum atomic E-state index is -4.14. The normalized spacial score (nSPS) is 11.4. The number of carbonyl (C=O) groups excluding carboxylic acids is 1. The molecule has 3 rings (SSSR count). The number of aryl methyl sites for hydroxylation is 1. The summed E-state index contributed by atoms with van der Waals surface area (Å²) < 4.78 is 42.2. The number of amides is 1. The lowest BCUT2D eigenvalue weighted by atomic mass is 10.1. The smallest absolute Gasteiger partial charge is 0.339 e. The first-order valence-corrected chi connectivity index (χ1v) is 12.9. The first-order chi connectivity index (χ1) is 17.2. The first-order valence-electron chi connectivity index (χ1n) is 10.7. The summed E-state index contributed by atoms with van der Waals surface area (Å²) in [5, 5.41) is 12.2. The maximum Gasteiger partial charge on any atom is 0.339 e. The zero-order valence-electron chi connectivity index (χ0n) is 19.7. The molecule has 0 radical (unpaired) electrons. The SMILES string of the molecule is CCOc1cc(/C=C(\C#N)C(=O)Nc2ccccc2OC)cc(Br)c1OS(=O)(=O)c1ccc(C)cc1. The summed E-state index contributed by atoms with van der Waals surface area (Å²) in [6, 6.07) is 18.0. The average molecular weight is 571 g/mol. The van der Waals surface area contributed by atoms with Gasteiger partial charge in [0.1, 0.15) is 22.3 Å². The Labute approximate surface area is 218 Å². The molecular weight excluding hydrogens is 548 g/mol. The number of rotatable bonds is 9. The number of hydrogen-bond donors (Lipinski definition) is 1. The van der Waals surface area contributed by atoms with Crippen LogP contribution in [0.2, 0.25) is 0 Å². The summed E-state index contributed by atoms with van der Waals surface area (Å²) in [6.45, 7) is 3.80. The van der Waals surface area contributed by atoms with Crippen molar-refractivity contribution in [2.24, 2.45) is 0 Å². The van der Waals surface area contributed by atoms with Crippen LogP contribution in [0, 0.1) is 18.3 Å². The van der Waals surface area contributed by atoms with E-state index in [-0.39, 0.29) is 33.0 Å². The minimum absolute atomic E-state index is 0.00815. The monoisotopic (exact) mass is 570 g/mol. The predicted molar refractivity (Wildman–Crippen MR) is 140 cm³/mol. The van der Waals surface area contributed by atoms with Crippen molar-refractivity contribution in [2.45, 2.75) is 18.7 Å². The fraction of sp³-hybridized carbons (Fsp3) is 0.154. The van der Waals surface area contributed by atoms with Crippen molar-refractivity contribution in [2.75, 3.05) is 19.0 Å². The molecule has 8 nitrogen and oxygen atoms in total. The molecule has 0 aliphatic heterocycles. The van der Waals surface area contributed by atoms with E-state index in [2.05, 4.69) is 21.2 Å². The lowest BCUT2D eigenvalue weighted by Crippen LogP contribution is -2.14. The fourth-order valence-corrected chi connectivity index (χ4v) is 4.74. The molecule has 186 valence electrons. The lowest BCUT2D eigenvalue weighted by molar-refractivity contribution is -0.112. The maximum absolute atomic E-state index is 12.8. The third-order valence-corrected chi connectivity index (χ3v) is 6.69. The van der Waals surface area contributed by atoms with Crippen LogP contribution < -0.4 is 19.0 Å².